The lowest BCUT2D eigenvalue weighted by Crippen LogP contribution is -2.38. The van der Waals surface area contributed by atoms with E-state index in [0.717, 1.165) is 15.6 Å². The second-order valence-corrected chi connectivity index (χ2v) is 7.83. The van der Waals surface area contributed by atoms with Crippen molar-refractivity contribution in [3.8, 4) is 0 Å². The molecule has 2 heterocycles. The molecule has 2 aromatic carbocycles. The molecule has 4 nitrogen and oxygen atoms in total. The molecule has 0 radical (unpaired) electrons. The van der Waals surface area contributed by atoms with E-state index in [1.165, 1.54) is 5.56 Å². The average Bonchev–Trinajstić information content (AvgIpc) is 3.08. The molecular formula is C20H17BrClN3O. The van der Waals surface area contributed by atoms with E-state index >= 15 is 0 Å². The molecule has 26 heavy (non-hydrogen) atoms. The number of hydrogen-bond acceptors (Lipinski definition) is 2. The maximum atomic E-state index is 13.2. The zero-order valence-electron chi connectivity index (χ0n) is 14.2. The molecule has 0 saturated heterocycles. The van der Waals surface area contributed by atoms with Crippen LogP contribution in [0, 0.1) is 0 Å². The summed E-state index contributed by atoms with van der Waals surface area (Å²) in [5, 5.41) is 4.77. The first-order valence-corrected chi connectivity index (χ1v) is 9.50. The lowest BCUT2D eigenvalue weighted by atomic mass is 9.86. The smallest absolute Gasteiger partial charge is 0.255 e. The van der Waals surface area contributed by atoms with Gasteiger partial charge in [-0.2, -0.15) is 5.10 Å². The third-order valence-corrected chi connectivity index (χ3v) is 5.59. The van der Waals surface area contributed by atoms with Gasteiger partial charge in [0, 0.05) is 36.7 Å². The van der Waals surface area contributed by atoms with Gasteiger partial charge in [-0.15, -0.1) is 0 Å². The summed E-state index contributed by atoms with van der Waals surface area (Å²) < 4.78 is 2.63. The second-order valence-electron chi connectivity index (χ2n) is 6.51. The van der Waals surface area contributed by atoms with Crippen LogP contribution in [-0.4, -0.2) is 27.1 Å². The minimum atomic E-state index is -0.0558. The van der Waals surface area contributed by atoms with Crippen molar-refractivity contribution in [2.75, 3.05) is 6.54 Å². The molecule has 6 heteroatoms. The van der Waals surface area contributed by atoms with E-state index in [9.17, 15) is 4.79 Å². The van der Waals surface area contributed by atoms with E-state index in [1.807, 2.05) is 42.5 Å². The number of halogens is 2. The van der Waals surface area contributed by atoms with Gasteiger partial charge < -0.3 is 4.90 Å². The van der Waals surface area contributed by atoms with Crippen molar-refractivity contribution in [2.24, 2.45) is 7.05 Å². The molecule has 0 aliphatic carbocycles. The van der Waals surface area contributed by atoms with Crippen LogP contribution in [0.5, 0.6) is 0 Å². The van der Waals surface area contributed by atoms with Crippen molar-refractivity contribution >= 4 is 33.4 Å². The SMILES string of the molecule is Cn1cc(C2CN(C(=O)c3cc(Br)ccc3Cl)Cc3ccccc32)cn1. The van der Waals surface area contributed by atoms with E-state index < -0.39 is 0 Å². The molecule has 0 bridgehead atoms. The number of hydrogen-bond donors (Lipinski definition) is 0. The Morgan fingerprint density at radius 3 is 2.85 bits per heavy atom. The van der Waals surface area contributed by atoms with Gasteiger partial charge in [0.1, 0.15) is 0 Å². The van der Waals surface area contributed by atoms with Crippen LogP contribution in [0.2, 0.25) is 5.02 Å². The number of carbonyl (C=O) groups excluding carboxylic acids is 1. The highest BCUT2D eigenvalue weighted by molar-refractivity contribution is 9.10. The Morgan fingerprint density at radius 2 is 2.08 bits per heavy atom. The standard InChI is InChI=1S/C20H17BrClN3O/c1-24-10-14(9-23-24)18-12-25(11-13-4-2-3-5-16(13)18)20(26)17-8-15(21)6-7-19(17)22/h2-10,18H,11-12H2,1H3. The minimum absolute atomic E-state index is 0.0558. The highest BCUT2D eigenvalue weighted by Gasteiger charge is 2.31. The second kappa shape index (κ2) is 6.89. The normalized spacial score (nSPS) is 16.4. The fourth-order valence-corrected chi connectivity index (χ4v) is 4.06. The summed E-state index contributed by atoms with van der Waals surface area (Å²) in [5.41, 5.74) is 4.04. The predicted molar refractivity (Wildman–Crippen MR) is 105 cm³/mol. The topological polar surface area (TPSA) is 38.1 Å². The molecule has 1 aliphatic rings. The lowest BCUT2D eigenvalue weighted by Gasteiger charge is -2.34. The number of rotatable bonds is 2. The van der Waals surface area contributed by atoms with Gasteiger partial charge in [-0.1, -0.05) is 51.8 Å². The lowest BCUT2D eigenvalue weighted by molar-refractivity contribution is 0.0725. The minimum Gasteiger partial charge on any atom is -0.333 e. The molecular weight excluding hydrogens is 414 g/mol. The van der Waals surface area contributed by atoms with E-state index in [1.54, 1.807) is 16.8 Å². The summed E-state index contributed by atoms with van der Waals surface area (Å²) in [5.74, 6) is 0.0446. The highest BCUT2D eigenvalue weighted by atomic mass is 79.9. The molecule has 1 aromatic heterocycles. The van der Waals surface area contributed by atoms with E-state index in [2.05, 4.69) is 33.2 Å². The van der Waals surface area contributed by atoms with E-state index in [0.29, 0.717) is 23.7 Å². The van der Waals surface area contributed by atoms with Crippen molar-refractivity contribution in [3.63, 3.8) is 0 Å². The Kier molecular flexibility index (Phi) is 4.59. The van der Waals surface area contributed by atoms with Crippen molar-refractivity contribution in [2.45, 2.75) is 12.5 Å². The van der Waals surface area contributed by atoms with Gasteiger partial charge in [0.25, 0.3) is 5.91 Å². The first-order chi connectivity index (χ1) is 12.5. The zero-order valence-corrected chi connectivity index (χ0v) is 16.5. The van der Waals surface area contributed by atoms with Crippen LogP contribution in [-0.2, 0) is 13.6 Å². The first-order valence-electron chi connectivity index (χ1n) is 8.33. The summed E-state index contributed by atoms with van der Waals surface area (Å²) in [6, 6.07) is 13.6. The number of fused-ring (bicyclic) bond motifs is 1. The number of aromatic nitrogens is 2. The first kappa shape index (κ1) is 17.3. The quantitative estimate of drug-likeness (QED) is 0.595. The Bertz CT molecular complexity index is 985. The largest absolute Gasteiger partial charge is 0.333 e. The third-order valence-electron chi connectivity index (χ3n) is 4.77. The fourth-order valence-electron chi connectivity index (χ4n) is 3.50. The van der Waals surface area contributed by atoms with Gasteiger partial charge in [-0.3, -0.25) is 9.48 Å². The molecule has 1 aliphatic heterocycles. The van der Waals surface area contributed by atoms with Crippen LogP contribution in [0.1, 0.15) is 33.0 Å². The maximum Gasteiger partial charge on any atom is 0.255 e. The van der Waals surface area contributed by atoms with E-state index in [-0.39, 0.29) is 11.8 Å². The van der Waals surface area contributed by atoms with Crippen molar-refractivity contribution in [3.05, 3.63) is 86.6 Å². The van der Waals surface area contributed by atoms with Crippen LogP contribution in [0.3, 0.4) is 0 Å². The molecule has 3 aromatic rings. The van der Waals surface area contributed by atoms with Crippen LogP contribution in [0.4, 0.5) is 0 Å². The maximum absolute atomic E-state index is 13.2. The Morgan fingerprint density at radius 1 is 1.27 bits per heavy atom. The number of aryl methyl sites for hydroxylation is 1. The van der Waals surface area contributed by atoms with Crippen molar-refractivity contribution in [1.82, 2.24) is 14.7 Å². The van der Waals surface area contributed by atoms with Gasteiger partial charge in [-0.05, 0) is 34.9 Å². The molecule has 0 fully saturated rings. The highest BCUT2D eigenvalue weighted by Crippen LogP contribution is 2.34. The molecule has 4 rings (SSSR count). The predicted octanol–water partition coefficient (Wildman–Crippen LogP) is 4.62. The van der Waals surface area contributed by atoms with Crippen LogP contribution in [0.25, 0.3) is 0 Å². The summed E-state index contributed by atoms with van der Waals surface area (Å²) in [6.07, 6.45) is 3.89. The Labute approximate surface area is 165 Å². The van der Waals surface area contributed by atoms with Crippen LogP contribution >= 0.6 is 27.5 Å². The fraction of sp³-hybridized carbons (Fsp3) is 0.200. The molecule has 0 saturated carbocycles. The Hall–Kier alpha value is -2.11. The number of amides is 1. The van der Waals surface area contributed by atoms with Gasteiger partial charge >= 0.3 is 0 Å². The molecule has 132 valence electrons. The summed E-state index contributed by atoms with van der Waals surface area (Å²) in [6.45, 7) is 1.18. The molecule has 0 spiro atoms. The summed E-state index contributed by atoms with van der Waals surface area (Å²) in [7, 11) is 1.91. The van der Waals surface area contributed by atoms with Gasteiger partial charge in [0.15, 0.2) is 0 Å². The third kappa shape index (κ3) is 3.17. The monoisotopic (exact) mass is 429 g/mol. The van der Waals surface area contributed by atoms with Crippen molar-refractivity contribution < 1.29 is 4.79 Å². The average molecular weight is 431 g/mol. The van der Waals surface area contributed by atoms with E-state index in [4.69, 9.17) is 11.6 Å². The molecule has 0 N–H and O–H groups in total. The van der Waals surface area contributed by atoms with Crippen molar-refractivity contribution in [1.29, 1.82) is 0 Å². The number of carbonyl (C=O) groups is 1. The summed E-state index contributed by atoms with van der Waals surface area (Å²) in [4.78, 5) is 15.0. The van der Waals surface area contributed by atoms with Gasteiger partial charge in [0.05, 0.1) is 16.8 Å². The van der Waals surface area contributed by atoms with Crippen LogP contribution in [0.15, 0.2) is 59.3 Å². The zero-order chi connectivity index (χ0) is 18.3. The van der Waals surface area contributed by atoms with Crippen LogP contribution < -0.4 is 0 Å². The molecule has 1 unspecified atom stereocenters. The molecule has 1 atom stereocenters. The Balaban J connectivity index is 1.73. The van der Waals surface area contributed by atoms with Gasteiger partial charge in [0.2, 0.25) is 0 Å². The molecule has 1 amide bonds. The summed E-state index contributed by atoms with van der Waals surface area (Å²) >= 11 is 9.71. The van der Waals surface area contributed by atoms with Gasteiger partial charge in [-0.25, -0.2) is 0 Å². The number of benzene rings is 2. The number of nitrogens with zero attached hydrogens (tertiary/aromatic N) is 3.